The number of hydrogen-bond acceptors (Lipinski definition) is 4. The van der Waals surface area contributed by atoms with Crippen LogP contribution in [0.2, 0.25) is 0 Å². The van der Waals surface area contributed by atoms with Crippen molar-refractivity contribution in [3.63, 3.8) is 0 Å². The van der Waals surface area contributed by atoms with Crippen molar-refractivity contribution in [2.45, 2.75) is 32.4 Å². The van der Waals surface area contributed by atoms with Crippen LogP contribution >= 0.6 is 0 Å². The molecule has 1 amide bonds. The molecule has 7 nitrogen and oxygen atoms in total. The number of fused-ring (bicyclic) bond motifs is 1. The number of halogens is 1. The molecule has 0 spiro atoms. The van der Waals surface area contributed by atoms with Gasteiger partial charge in [-0.25, -0.2) is 9.37 Å². The summed E-state index contributed by atoms with van der Waals surface area (Å²) in [7, 11) is 0. The zero-order valence-electron chi connectivity index (χ0n) is 17.7. The molecule has 0 aliphatic rings. The molecule has 0 aliphatic heterocycles. The zero-order valence-corrected chi connectivity index (χ0v) is 17.7. The van der Waals surface area contributed by atoms with Gasteiger partial charge in [-0.3, -0.25) is 9.59 Å². The van der Waals surface area contributed by atoms with Crippen molar-refractivity contribution in [1.82, 2.24) is 20.3 Å². The van der Waals surface area contributed by atoms with Gasteiger partial charge < -0.3 is 20.0 Å². The second-order valence-electron chi connectivity index (χ2n) is 7.59. The van der Waals surface area contributed by atoms with Crippen LogP contribution in [0.15, 0.2) is 65.6 Å². The van der Waals surface area contributed by atoms with Gasteiger partial charge in [0.1, 0.15) is 17.4 Å². The summed E-state index contributed by atoms with van der Waals surface area (Å²) in [5.41, 5.74) is 2.13. The summed E-state index contributed by atoms with van der Waals surface area (Å²) in [6, 6.07) is 14.1. The van der Waals surface area contributed by atoms with E-state index in [1.54, 1.807) is 13.8 Å². The minimum Gasteiger partial charge on any atom is -0.481 e. The van der Waals surface area contributed by atoms with E-state index < -0.39 is 12.1 Å². The van der Waals surface area contributed by atoms with Gasteiger partial charge in [0.25, 0.3) is 11.5 Å². The van der Waals surface area contributed by atoms with E-state index in [9.17, 15) is 14.0 Å². The number of ether oxygens (including phenoxy) is 1. The minimum atomic E-state index is -0.839. The third-order valence-corrected chi connectivity index (χ3v) is 5.15. The quantitative estimate of drug-likeness (QED) is 0.414. The van der Waals surface area contributed by atoms with E-state index >= 15 is 0 Å². The monoisotopic (exact) mass is 434 g/mol. The maximum atomic E-state index is 13.1. The highest BCUT2D eigenvalue weighted by Gasteiger charge is 2.23. The van der Waals surface area contributed by atoms with Gasteiger partial charge in [-0.05, 0) is 49.7 Å². The first-order valence-corrected chi connectivity index (χ1v) is 10.2. The Bertz CT molecular complexity index is 1300. The van der Waals surface area contributed by atoms with E-state index in [-0.39, 0.29) is 17.3 Å². The molecule has 0 saturated heterocycles. The van der Waals surface area contributed by atoms with Crippen LogP contribution in [0.1, 0.15) is 30.0 Å². The first kappa shape index (κ1) is 21.3. The Hall–Kier alpha value is -3.94. The van der Waals surface area contributed by atoms with Crippen LogP contribution in [-0.2, 0) is 11.2 Å². The van der Waals surface area contributed by atoms with Gasteiger partial charge in [0.2, 0.25) is 0 Å². The number of H-pyrrole nitrogens is 2. The summed E-state index contributed by atoms with van der Waals surface area (Å²) < 4.78 is 18.8. The minimum absolute atomic E-state index is 0.290. The van der Waals surface area contributed by atoms with Crippen LogP contribution in [0.25, 0.3) is 10.9 Å². The number of benzene rings is 2. The molecular formula is C24H23FN4O3. The van der Waals surface area contributed by atoms with Gasteiger partial charge in [0.05, 0.1) is 11.7 Å². The maximum Gasteiger partial charge on any atom is 0.261 e. The average Bonchev–Trinajstić information content (AvgIpc) is 3.17. The topological polar surface area (TPSA) is 99.9 Å². The largest absolute Gasteiger partial charge is 0.481 e. The molecule has 3 N–H and O–H groups in total. The summed E-state index contributed by atoms with van der Waals surface area (Å²) in [5, 5.41) is 3.99. The molecule has 0 saturated carbocycles. The molecule has 2 aromatic carbocycles. The fourth-order valence-corrected chi connectivity index (χ4v) is 3.59. The predicted octanol–water partition coefficient (Wildman–Crippen LogP) is 3.57. The average molecular weight is 434 g/mol. The van der Waals surface area contributed by atoms with Gasteiger partial charge in [-0.1, -0.05) is 18.2 Å². The lowest BCUT2D eigenvalue weighted by molar-refractivity contribution is -0.128. The van der Waals surface area contributed by atoms with E-state index in [0.29, 0.717) is 23.7 Å². The first-order valence-electron chi connectivity index (χ1n) is 10.2. The third kappa shape index (κ3) is 4.85. The van der Waals surface area contributed by atoms with Crippen molar-refractivity contribution in [3.8, 4) is 5.75 Å². The van der Waals surface area contributed by atoms with Gasteiger partial charge in [-0.2, -0.15) is 0 Å². The highest BCUT2D eigenvalue weighted by atomic mass is 19.1. The number of aromatic nitrogens is 3. The van der Waals surface area contributed by atoms with E-state index in [4.69, 9.17) is 4.74 Å². The zero-order chi connectivity index (χ0) is 22.7. The number of carbonyl (C=O) groups is 1. The van der Waals surface area contributed by atoms with Crippen LogP contribution in [0.3, 0.4) is 0 Å². The first-order chi connectivity index (χ1) is 15.4. The summed E-state index contributed by atoms with van der Waals surface area (Å²) in [6.45, 7) is 3.30. The predicted molar refractivity (Wildman–Crippen MR) is 119 cm³/mol. The number of aryl methyl sites for hydroxylation is 1. The summed E-state index contributed by atoms with van der Waals surface area (Å²) in [4.78, 5) is 35.3. The molecule has 164 valence electrons. The number of hydrogen-bond donors (Lipinski definition) is 3. The van der Waals surface area contributed by atoms with Gasteiger partial charge in [-0.15, -0.1) is 0 Å². The fraction of sp³-hybridized carbons (Fsp3) is 0.208. The second kappa shape index (κ2) is 9.05. The van der Waals surface area contributed by atoms with Crippen molar-refractivity contribution >= 4 is 16.8 Å². The Labute approximate surface area is 183 Å². The van der Waals surface area contributed by atoms with Crippen LogP contribution in [0, 0.1) is 12.7 Å². The maximum absolute atomic E-state index is 13.1. The molecule has 4 rings (SSSR count). The van der Waals surface area contributed by atoms with Crippen molar-refractivity contribution in [3.05, 3.63) is 94.0 Å². The Kier molecular flexibility index (Phi) is 6.02. The highest BCUT2D eigenvalue weighted by molar-refractivity contribution is 5.84. The summed E-state index contributed by atoms with van der Waals surface area (Å²) in [5.74, 6) is 0.0801. The highest BCUT2D eigenvalue weighted by Crippen LogP contribution is 2.24. The lowest BCUT2D eigenvalue weighted by Gasteiger charge is -2.21. The van der Waals surface area contributed by atoms with Crippen molar-refractivity contribution < 1.29 is 13.9 Å². The number of para-hydroxylation sites is 1. The van der Waals surface area contributed by atoms with Crippen LogP contribution in [0.4, 0.5) is 4.39 Å². The summed E-state index contributed by atoms with van der Waals surface area (Å²) >= 11 is 0. The number of nitrogens with zero attached hydrogens (tertiary/aromatic N) is 1. The Morgan fingerprint density at radius 2 is 1.94 bits per heavy atom. The molecule has 0 radical (unpaired) electrons. The molecule has 2 atom stereocenters. The molecule has 2 heterocycles. The number of nitrogens with one attached hydrogen (secondary N) is 3. The Morgan fingerprint density at radius 1 is 1.19 bits per heavy atom. The number of carbonyl (C=O) groups excluding carboxylic acids is 1. The molecule has 8 heteroatoms. The van der Waals surface area contributed by atoms with E-state index in [1.165, 1.54) is 30.3 Å². The van der Waals surface area contributed by atoms with Crippen LogP contribution < -0.4 is 15.6 Å². The Balaban J connectivity index is 1.59. The number of amides is 1. The molecule has 32 heavy (non-hydrogen) atoms. The third-order valence-electron chi connectivity index (χ3n) is 5.15. The normalized spacial score (nSPS) is 13.0. The Morgan fingerprint density at radius 3 is 2.69 bits per heavy atom. The number of aromatic amines is 2. The SMILES string of the molecule is Cc1nc([C@H](Cc2c[nH]c3ccccc23)NC(=O)[C@H](C)Oc2ccc(F)cc2)cc(=O)[nH]1. The van der Waals surface area contributed by atoms with Crippen molar-refractivity contribution in [2.75, 3.05) is 0 Å². The van der Waals surface area contributed by atoms with E-state index in [1.807, 2.05) is 30.5 Å². The van der Waals surface area contributed by atoms with E-state index in [0.717, 1.165) is 16.5 Å². The molecule has 2 aromatic heterocycles. The van der Waals surface area contributed by atoms with Gasteiger partial charge >= 0.3 is 0 Å². The van der Waals surface area contributed by atoms with Gasteiger partial charge in [0.15, 0.2) is 6.10 Å². The molecule has 0 fully saturated rings. The molecule has 0 aliphatic carbocycles. The lowest BCUT2D eigenvalue weighted by atomic mass is 10.0. The van der Waals surface area contributed by atoms with Crippen molar-refractivity contribution in [2.24, 2.45) is 0 Å². The molecular weight excluding hydrogens is 411 g/mol. The molecule has 4 aromatic rings. The smallest absolute Gasteiger partial charge is 0.261 e. The van der Waals surface area contributed by atoms with E-state index in [2.05, 4.69) is 20.3 Å². The second-order valence-corrected chi connectivity index (χ2v) is 7.59. The molecule has 0 bridgehead atoms. The van der Waals surface area contributed by atoms with Crippen molar-refractivity contribution in [1.29, 1.82) is 0 Å². The van der Waals surface area contributed by atoms with Gasteiger partial charge in [0, 0.05) is 29.6 Å². The summed E-state index contributed by atoms with van der Waals surface area (Å²) in [6.07, 6.45) is 1.48. The fourth-order valence-electron chi connectivity index (χ4n) is 3.59. The van der Waals surface area contributed by atoms with Crippen LogP contribution in [0.5, 0.6) is 5.75 Å². The van der Waals surface area contributed by atoms with Crippen LogP contribution in [-0.4, -0.2) is 27.0 Å². The molecule has 0 unspecified atom stereocenters. The number of rotatable bonds is 7. The lowest BCUT2D eigenvalue weighted by Crippen LogP contribution is -2.40. The standard InChI is InChI=1S/C24H23FN4O3/c1-14(32-18-9-7-17(25)8-10-18)24(31)29-21(22-12-23(30)28-15(2)27-22)11-16-13-26-20-6-4-3-5-19(16)20/h3-10,12-14,21,26H,11H2,1-2H3,(H,29,31)(H,27,28,30)/t14-,21-/m0/s1.